The molecular weight excluding hydrogens is 132 g/mol. The maximum atomic E-state index is 9.90. The van der Waals surface area contributed by atoms with Crippen LogP contribution in [0.1, 0.15) is 25.7 Å². The molecule has 0 aromatic heterocycles. The number of hydrogen-bond acceptors (Lipinski definition) is 1. The van der Waals surface area contributed by atoms with E-state index >= 15 is 0 Å². The van der Waals surface area contributed by atoms with Gasteiger partial charge < -0.3 is 5.73 Å². The van der Waals surface area contributed by atoms with Crippen molar-refractivity contribution in [1.29, 1.82) is 0 Å². The number of hydroxylamine groups is 2. The fraction of sp³-hybridized carbons (Fsp3) is 1.00. The second-order valence-electron chi connectivity index (χ2n) is 2.32. The minimum Gasteiger partial charge on any atom is -0.330 e. The van der Waals surface area contributed by atoms with Crippen molar-refractivity contribution < 1.29 is 15.6 Å². The zero-order valence-electron chi connectivity index (χ0n) is 6.14. The van der Waals surface area contributed by atoms with Crippen LogP contribution >= 0.6 is 0 Å². The Kier molecular flexibility index (Phi) is 6.84. The van der Waals surface area contributed by atoms with Crippen LogP contribution in [0.15, 0.2) is 0 Å². The predicted octanol–water partition coefficient (Wildman–Crippen LogP) is -0.919. The molecule has 0 aromatic rings. The van der Waals surface area contributed by atoms with Crippen molar-refractivity contribution in [2.45, 2.75) is 25.7 Å². The Morgan fingerprint density at radius 1 is 1.00 bits per heavy atom. The van der Waals surface area contributed by atoms with Crippen molar-refractivity contribution in [3.63, 3.8) is 0 Å². The smallest absolute Gasteiger partial charge is 0.147 e. The predicted molar refractivity (Wildman–Crippen MR) is 34.7 cm³/mol. The lowest BCUT2D eigenvalue weighted by Crippen LogP contribution is -3.04. The zero-order chi connectivity index (χ0) is 7.82. The minimum absolute atomic E-state index is 0.185. The minimum atomic E-state index is -0.951. The molecule has 0 aliphatic rings. The maximum Gasteiger partial charge on any atom is 0.147 e. The van der Waals surface area contributed by atoms with Gasteiger partial charge in [-0.05, 0) is 19.4 Å². The first-order valence-electron chi connectivity index (χ1n) is 3.67. The molecule has 0 bridgehead atoms. The van der Waals surface area contributed by atoms with Gasteiger partial charge in [-0.1, -0.05) is 6.42 Å². The summed E-state index contributed by atoms with van der Waals surface area (Å²) in [5.74, 6) is 0. The number of quaternary nitrogens is 1. The van der Waals surface area contributed by atoms with Gasteiger partial charge in [-0.25, -0.2) is 0 Å². The Balaban J connectivity index is 2.77. The van der Waals surface area contributed by atoms with Crippen LogP contribution in [0, 0.1) is 0 Å². The van der Waals surface area contributed by atoms with Crippen LogP contribution in [0.2, 0.25) is 0 Å². The molecule has 0 atom stereocenters. The van der Waals surface area contributed by atoms with Crippen molar-refractivity contribution in [3.8, 4) is 0 Å². The maximum absolute atomic E-state index is 9.90. The van der Waals surface area contributed by atoms with Gasteiger partial charge in [0.15, 0.2) is 0 Å². The normalized spacial score (nSPS) is 10.8. The third-order valence-electron chi connectivity index (χ3n) is 1.34. The van der Waals surface area contributed by atoms with Crippen LogP contribution in [-0.2, 0) is 10.4 Å². The zero-order valence-corrected chi connectivity index (χ0v) is 6.14. The van der Waals surface area contributed by atoms with E-state index in [2.05, 4.69) is 0 Å². The summed E-state index contributed by atoms with van der Waals surface area (Å²) in [6, 6.07) is 0. The Labute approximate surface area is 61.2 Å². The fourth-order valence-electron chi connectivity index (χ4n) is 0.767. The molecule has 4 heteroatoms. The summed E-state index contributed by atoms with van der Waals surface area (Å²) in [7, 11) is 0. The average Bonchev–Trinajstić information content (AvgIpc) is 1.87. The number of nitrogens with two attached hydrogens (primary N) is 1. The lowest BCUT2D eigenvalue weighted by molar-refractivity contribution is -1.28. The van der Waals surface area contributed by atoms with Crippen LogP contribution in [-0.4, -0.2) is 13.1 Å². The summed E-state index contributed by atoms with van der Waals surface area (Å²) >= 11 is 0. The lowest BCUT2D eigenvalue weighted by Gasteiger charge is -1.96. The molecule has 0 saturated heterocycles. The lowest BCUT2D eigenvalue weighted by atomic mass is 10.2. The van der Waals surface area contributed by atoms with Crippen LogP contribution < -0.4 is 11.0 Å². The Morgan fingerprint density at radius 3 is 2.10 bits per heavy atom. The van der Waals surface area contributed by atoms with E-state index in [1.54, 1.807) is 0 Å². The van der Waals surface area contributed by atoms with Gasteiger partial charge in [-0.3, -0.25) is 0 Å². The molecule has 0 spiro atoms. The van der Waals surface area contributed by atoms with Gasteiger partial charge in [0.1, 0.15) is 6.54 Å². The monoisotopic (exact) mass is 147 g/mol. The van der Waals surface area contributed by atoms with Crippen LogP contribution in [0.25, 0.3) is 0 Å². The first kappa shape index (κ1) is 9.84. The molecule has 4 nitrogen and oxygen atoms in total. The fourth-order valence-corrected chi connectivity index (χ4v) is 0.767. The summed E-state index contributed by atoms with van der Waals surface area (Å²) in [5.41, 5.74) is 5.24. The van der Waals surface area contributed by atoms with E-state index in [1.165, 1.54) is 0 Å². The first-order chi connectivity index (χ1) is 4.77. The van der Waals surface area contributed by atoms with E-state index in [1.807, 2.05) is 0 Å². The van der Waals surface area contributed by atoms with Gasteiger partial charge in [0.2, 0.25) is 0 Å². The number of unbranched alkanes of at least 4 members (excludes halogenated alkanes) is 3. The van der Waals surface area contributed by atoms with Gasteiger partial charge >= 0.3 is 0 Å². The quantitative estimate of drug-likeness (QED) is 0.370. The molecule has 60 valence electrons. The van der Waals surface area contributed by atoms with Gasteiger partial charge in [0, 0.05) is 11.6 Å². The van der Waals surface area contributed by atoms with Crippen molar-refractivity contribution in [2.24, 2.45) is 5.73 Å². The van der Waals surface area contributed by atoms with E-state index in [-0.39, 0.29) is 6.54 Å². The number of rotatable bonds is 6. The highest BCUT2D eigenvalue weighted by atomic mass is 16.8. The molecule has 0 aliphatic heterocycles. The highest BCUT2D eigenvalue weighted by Crippen LogP contribution is 1.95. The van der Waals surface area contributed by atoms with Crippen LogP contribution in [0.3, 0.4) is 0 Å². The summed E-state index contributed by atoms with van der Waals surface area (Å²) in [4.78, 5) is 0. The summed E-state index contributed by atoms with van der Waals surface area (Å²) in [6.45, 7) is 0.885. The van der Waals surface area contributed by atoms with Crippen LogP contribution in [0.5, 0.6) is 0 Å². The van der Waals surface area contributed by atoms with Gasteiger partial charge in [-0.15, -0.1) is 0 Å². The van der Waals surface area contributed by atoms with Gasteiger partial charge in [0.25, 0.3) is 0 Å². The highest BCUT2D eigenvalue weighted by Gasteiger charge is 2.01. The third-order valence-corrected chi connectivity index (χ3v) is 1.34. The van der Waals surface area contributed by atoms with Crippen molar-refractivity contribution >= 4 is 0 Å². The highest BCUT2D eigenvalue weighted by molar-refractivity contribution is 4.41. The van der Waals surface area contributed by atoms with Crippen LogP contribution in [0.4, 0.5) is 0 Å². The van der Waals surface area contributed by atoms with Gasteiger partial charge in [0.05, 0.1) is 10.4 Å². The Morgan fingerprint density at radius 2 is 1.60 bits per heavy atom. The Hall–Kier alpha value is -0.160. The molecule has 0 unspecified atom stereocenters. The molecular formula is C6H15N2O2+. The molecule has 10 heavy (non-hydrogen) atoms. The van der Waals surface area contributed by atoms with E-state index in [4.69, 9.17) is 5.73 Å². The largest absolute Gasteiger partial charge is 0.330 e. The summed E-state index contributed by atoms with van der Waals surface area (Å²) in [6.07, 6.45) is 3.70. The van der Waals surface area contributed by atoms with E-state index in [0.29, 0.717) is 6.54 Å². The molecule has 0 heterocycles. The molecule has 0 aliphatic carbocycles. The molecule has 3 N–H and O–H groups in total. The summed E-state index contributed by atoms with van der Waals surface area (Å²) in [5, 5.41) is 18.8. The van der Waals surface area contributed by atoms with Gasteiger partial charge in [-0.2, -0.15) is 0 Å². The third kappa shape index (κ3) is 7.84. The second-order valence-corrected chi connectivity index (χ2v) is 2.32. The molecule has 0 fully saturated rings. The first-order valence-corrected chi connectivity index (χ1v) is 3.67. The van der Waals surface area contributed by atoms with Crippen molar-refractivity contribution in [3.05, 3.63) is 0 Å². The SMILES string of the molecule is NCCCCCC[NH+]([O])[O]. The molecule has 0 aromatic carbocycles. The summed E-state index contributed by atoms with van der Waals surface area (Å²) < 4.78 is 0. The standard InChI is InChI=1S/C6H15N2O2/c7-5-3-1-2-4-6-8(9)10/h8H,1-7H2/q+1. The van der Waals surface area contributed by atoms with Crippen molar-refractivity contribution in [2.75, 3.05) is 13.1 Å². The molecule has 0 amide bonds. The number of nitrogens with one attached hydrogen (secondary N) is 1. The van der Waals surface area contributed by atoms with Crippen molar-refractivity contribution in [1.82, 2.24) is 0 Å². The average molecular weight is 147 g/mol. The molecule has 0 saturated carbocycles. The van der Waals surface area contributed by atoms with E-state index in [0.717, 1.165) is 25.7 Å². The van der Waals surface area contributed by atoms with E-state index in [9.17, 15) is 10.4 Å². The number of hydrogen-bond donors (Lipinski definition) is 2. The topological polar surface area (TPSA) is 70.3 Å². The molecule has 2 radical (unpaired) electrons. The molecule has 0 rings (SSSR count). The second kappa shape index (κ2) is 6.95. The van der Waals surface area contributed by atoms with E-state index < -0.39 is 5.23 Å². The Bertz CT molecular complexity index is 68.8.